The molecule has 0 radical (unpaired) electrons. The van der Waals surface area contributed by atoms with E-state index in [-0.39, 0.29) is 33.1 Å². The van der Waals surface area contributed by atoms with Crippen LogP contribution in [-0.2, 0) is 26.2 Å². The summed E-state index contributed by atoms with van der Waals surface area (Å²) in [5, 5.41) is 3.32. The van der Waals surface area contributed by atoms with Crippen molar-refractivity contribution in [1.29, 1.82) is 0 Å². The van der Waals surface area contributed by atoms with E-state index in [0.717, 1.165) is 21.9 Å². The van der Waals surface area contributed by atoms with Crippen molar-refractivity contribution in [3.05, 3.63) is 94.0 Å². The van der Waals surface area contributed by atoms with Crippen molar-refractivity contribution in [2.45, 2.75) is 51.1 Å². The lowest BCUT2D eigenvalue weighted by molar-refractivity contribution is -0.140. The van der Waals surface area contributed by atoms with Crippen molar-refractivity contribution in [3.63, 3.8) is 0 Å². The number of hydrogen-bond donors (Lipinski definition) is 1. The molecule has 0 saturated heterocycles. The largest absolute Gasteiger partial charge is 0.354 e. The highest BCUT2D eigenvalue weighted by Gasteiger charge is 2.34. The van der Waals surface area contributed by atoms with Crippen LogP contribution in [0.2, 0.25) is 10.0 Å². The SMILES string of the molecule is CCCNC(=O)[C@H](CC)N(Cc1ccccc1C)C(=O)CN(c1cc(Cl)cc(Cl)c1)S(=O)(=O)c1ccccc1. The molecule has 0 saturated carbocycles. The quantitative estimate of drug-likeness (QED) is 0.288. The van der Waals surface area contributed by atoms with Crippen molar-refractivity contribution in [2.75, 3.05) is 17.4 Å². The molecule has 39 heavy (non-hydrogen) atoms. The molecule has 0 bridgehead atoms. The van der Waals surface area contributed by atoms with E-state index in [4.69, 9.17) is 23.2 Å². The van der Waals surface area contributed by atoms with Crippen LogP contribution in [0.1, 0.15) is 37.8 Å². The maximum Gasteiger partial charge on any atom is 0.264 e. The third-order valence-electron chi connectivity index (χ3n) is 6.28. The maximum atomic E-state index is 14.0. The Morgan fingerprint density at radius 3 is 2.13 bits per heavy atom. The number of halogens is 2. The second-order valence-corrected chi connectivity index (χ2v) is 11.9. The van der Waals surface area contributed by atoms with Crippen LogP contribution in [0.15, 0.2) is 77.7 Å². The van der Waals surface area contributed by atoms with E-state index in [2.05, 4.69) is 5.32 Å². The molecule has 0 spiro atoms. The van der Waals surface area contributed by atoms with Crippen LogP contribution in [-0.4, -0.2) is 44.3 Å². The molecule has 0 heterocycles. The van der Waals surface area contributed by atoms with Crippen LogP contribution < -0.4 is 9.62 Å². The third kappa shape index (κ3) is 7.75. The first-order chi connectivity index (χ1) is 18.6. The molecule has 0 fully saturated rings. The number of hydrogen-bond acceptors (Lipinski definition) is 4. The number of aryl methyl sites for hydroxylation is 1. The molecule has 3 rings (SSSR count). The normalized spacial score (nSPS) is 12.0. The van der Waals surface area contributed by atoms with E-state index < -0.39 is 28.5 Å². The molecular weight excluding hydrogens is 557 g/mol. The first-order valence-corrected chi connectivity index (χ1v) is 14.9. The zero-order valence-electron chi connectivity index (χ0n) is 22.2. The molecule has 1 N–H and O–H groups in total. The minimum absolute atomic E-state index is 0.00656. The molecule has 0 aromatic heterocycles. The van der Waals surface area contributed by atoms with E-state index in [0.29, 0.717) is 13.0 Å². The Morgan fingerprint density at radius 2 is 1.54 bits per heavy atom. The fourth-order valence-electron chi connectivity index (χ4n) is 4.19. The summed E-state index contributed by atoms with van der Waals surface area (Å²) < 4.78 is 28.7. The summed E-state index contributed by atoms with van der Waals surface area (Å²) in [5.41, 5.74) is 1.95. The lowest BCUT2D eigenvalue weighted by Crippen LogP contribution is -2.52. The Hall–Kier alpha value is -3.07. The highest BCUT2D eigenvalue weighted by atomic mass is 35.5. The number of carbonyl (C=O) groups is 2. The van der Waals surface area contributed by atoms with E-state index in [1.54, 1.807) is 18.2 Å². The summed E-state index contributed by atoms with van der Waals surface area (Å²) in [6.45, 7) is 5.74. The molecule has 3 aromatic rings. The van der Waals surface area contributed by atoms with Gasteiger partial charge in [-0.25, -0.2) is 8.42 Å². The summed E-state index contributed by atoms with van der Waals surface area (Å²) in [5.74, 6) is -0.822. The standard InChI is InChI=1S/C29H33Cl2N3O4S/c1-4-15-32-29(36)27(5-2)33(19-22-12-10-9-11-21(22)3)28(35)20-34(25-17-23(30)16-24(31)18-25)39(37,38)26-13-7-6-8-14-26/h6-14,16-18,27H,4-5,15,19-20H2,1-3H3,(H,32,36)/t27-/m0/s1. The predicted octanol–water partition coefficient (Wildman–Crippen LogP) is 5.83. The predicted molar refractivity (Wildman–Crippen MR) is 157 cm³/mol. The highest BCUT2D eigenvalue weighted by molar-refractivity contribution is 7.92. The van der Waals surface area contributed by atoms with Crippen LogP contribution in [0, 0.1) is 6.92 Å². The number of sulfonamides is 1. The topological polar surface area (TPSA) is 86.8 Å². The number of benzene rings is 3. The van der Waals surface area contributed by atoms with Gasteiger partial charge in [0.15, 0.2) is 0 Å². The van der Waals surface area contributed by atoms with Crippen molar-refractivity contribution in [1.82, 2.24) is 10.2 Å². The lowest BCUT2D eigenvalue weighted by atomic mass is 10.1. The number of nitrogens with one attached hydrogen (secondary N) is 1. The average Bonchev–Trinajstić information content (AvgIpc) is 2.91. The van der Waals surface area contributed by atoms with Crippen molar-refractivity contribution >= 4 is 50.7 Å². The number of nitrogens with zero attached hydrogens (tertiary/aromatic N) is 2. The van der Waals surface area contributed by atoms with Gasteiger partial charge in [-0.05, 0) is 61.2 Å². The van der Waals surface area contributed by atoms with Crippen LogP contribution >= 0.6 is 23.2 Å². The Labute approximate surface area is 240 Å². The van der Waals surface area contributed by atoms with E-state index >= 15 is 0 Å². The number of carbonyl (C=O) groups excluding carboxylic acids is 2. The van der Waals surface area contributed by atoms with Crippen LogP contribution in [0.5, 0.6) is 0 Å². The second kappa shape index (κ2) is 13.8. The fraction of sp³-hybridized carbons (Fsp3) is 0.310. The van der Waals surface area contributed by atoms with Gasteiger partial charge in [0.2, 0.25) is 11.8 Å². The molecule has 0 aliphatic carbocycles. The average molecular weight is 591 g/mol. The smallest absolute Gasteiger partial charge is 0.264 e. The monoisotopic (exact) mass is 589 g/mol. The van der Waals surface area contributed by atoms with Gasteiger partial charge in [0.25, 0.3) is 10.0 Å². The van der Waals surface area contributed by atoms with Gasteiger partial charge in [0, 0.05) is 23.1 Å². The molecule has 7 nitrogen and oxygen atoms in total. The van der Waals surface area contributed by atoms with Gasteiger partial charge in [-0.1, -0.05) is 79.5 Å². The van der Waals surface area contributed by atoms with E-state index in [9.17, 15) is 18.0 Å². The maximum absolute atomic E-state index is 14.0. The second-order valence-electron chi connectivity index (χ2n) is 9.12. The van der Waals surface area contributed by atoms with Gasteiger partial charge in [0.05, 0.1) is 10.6 Å². The molecule has 0 unspecified atom stereocenters. The minimum Gasteiger partial charge on any atom is -0.354 e. The van der Waals surface area contributed by atoms with Crippen LogP contribution in [0.25, 0.3) is 0 Å². The number of amides is 2. The molecular formula is C29H33Cl2N3O4S. The fourth-order valence-corrected chi connectivity index (χ4v) is 6.12. The van der Waals surface area contributed by atoms with Crippen molar-refractivity contribution in [2.24, 2.45) is 0 Å². The Kier molecular flexibility index (Phi) is 10.8. The summed E-state index contributed by atoms with van der Waals surface area (Å²) >= 11 is 12.4. The Bertz CT molecular complexity index is 1380. The van der Waals surface area contributed by atoms with E-state index in [1.807, 2.05) is 45.0 Å². The first-order valence-electron chi connectivity index (χ1n) is 12.7. The zero-order chi connectivity index (χ0) is 28.6. The Balaban J connectivity index is 2.08. The molecule has 2 amide bonds. The zero-order valence-corrected chi connectivity index (χ0v) is 24.6. The van der Waals surface area contributed by atoms with Gasteiger partial charge >= 0.3 is 0 Å². The number of anilines is 1. The van der Waals surface area contributed by atoms with E-state index in [1.165, 1.54) is 35.2 Å². The van der Waals surface area contributed by atoms with Gasteiger partial charge in [-0.3, -0.25) is 13.9 Å². The summed E-state index contributed by atoms with van der Waals surface area (Å²) in [7, 11) is -4.20. The van der Waals surface area contributed by atoms with Gasteiger partial charge < -0.3 is 10.2 Å². The van der Waals surface area contributed by atoms with Crippen molar-refractivity contribution < 1.29 is 18.0 Å². The van der Waals surface area contributed by atoms with Crippen LogP contribution in [0.4, 0.5) is 5.69 Å². The highest BCUT2D eigenvalue weighted by Crippen LogP contribution is 2.30. The molecule has 3 aromatic carbocycles. The van der Waals surface area contributed by atoms with Gasteiger partial charge in [-0.2, -0.15) is 0 Å². The molecule has 208 valence electrons. The number of rotatable bonds is 12. The van der Waals surface area contributed by atoms with Crippen molar-refractivity contribution in [3.8, 4) is 0 Å². The first kappa shape index (κ1) is 30.5. The molecule has 1 atom stereocenters. The summed E-state index contributed by atoms with van der Waals surface area (Å²) in [6.07, 6.45) is 1.09. The third-order valence-corrected chi connectivity index (χ3v) is 8.51. The molecule has 0 aliphatic rings. The van der Waals surface area contributed by atoms with Crippen LogP contribution in [0.3, 0.4) is 0 Å². The molecule has 10 heteroatoms. The summed E-state index contributed by atoms with van der Waals surface area (Å²) in [6, 6.07) is 19.0. The molecule has 0 aliphatic heterocycles. The Morgan fingerprint density at radius 1 is 0.923 bits per heavy atom. The summed E-state index contributed by atoms with van der Waals surface area (Å²) in [4.78, 5) is 28.6. The lowest BCUT2D eigenvalue weighted by Gasteiger charge is -2.33. The van der Waals surface area contributed by atoms with Gasteiger partial charge in [0.1, 0.15) is 12.6 Å². The minimum atomic E-state index is -4.20. The van der Waals surface area contributed by atoms with Gasteiger partial charge in [-0.15, -0.1) is 0 Å².